The Morgan fingerprint density at radius 1 is 0.962 bits per heavy atom. The van der Waals surface area contributed by atoms with Crippen LogP contribution in [0.3, 0.4) is 0 Å². The van der Waals surface area contributed by atoms with Crippen molar-refractivity contribution in [2.45, 2.75) is 18.3 Å². The molecule has 2 heterocycles. The Balaban J connectivity index is 1.90. The largest absolute Gasteiger partial charge is 0.508 e. The SMILES string of the molecule is COc1cc2c(cc1OC)[C@H]1C(=O)c3c(O)cc(O)cc3O[C@H]1[C@H](O)O2. The van der Waals surface area contributed by atoms with E-state index in [0.29, 0.717) is 17.1 Å². The maximum atomic E-state index is 13.1. The fourth-order valence-electron chi connectivity index (χ4n) is 3.41. The lowest BCUT2D eigenvalue weighted by Gasteiger charge is -2.39. The monoisotopic (exact) mass is 360 g/mol. The number of ketones is 1. The van der Waals surface area contributed by atoms with E-state index in [2.05, 4.69) is 0 Å². The zero-order valence-electron chi connectivity index (χ0n) is 13.9. The number of aliphatic hydroxyl groups excluding tert-OH is 1. The topological polar surface area (TPSA) is 115 Å². The third kappa shape index (κ3) is 2.22. The van der Waals surface area contributed by atoms with Gasteiger partial charge in [0.1, 0.15) is 28.6 Å². The van der Waals surface area contributed by atoms with Gasteiger partial charge in [-0.2, -0.15) is 0 Å². The molecule has 8 nitrogen and oxygen atoms in total. The van der Waals surface area contributed by atoms with E-state index in [9.17, 15) is 20.1 Å². The number of carbonyl (C=O) groups excluding carboxylic acids is 1. The van der Waals surface area contributed by atoms with Gasteiger partial charge in [-0.3, -0.25) is 4.79 Å². The lowest BCUT2D eigenvalue weighted by Crippen LogP contribution is -2.49. The summed E-state index contributed by atoms with van der Waals surface area (Å²) in [4.78, 5) is 13.1. The number of methoxy groups -OCH3 is 2. The molecule has 0 spiro atoms. The molecule has 0 saturated heterocycles. The van der Waals surface area contributed by atoms with Crippen molar-refractivity contribution < 1.29 is 39.1 Å². The minimum absolute atomic E-state index is 0.0136. The van der Waals surface area contributed by atoms with Crippen molar-refractivity contribution >= 4 is 5.78 Å². The van der Waals surface area contributed by atoms with Gasteiger partial charge in [-0.05, 0) is 6.07 Å². The van der Waals surface area contributed by atoms with E-state index < -0.39 is 29.8 Å². The third-order valence-corrected chi connectivity index (χ3v) is 4.57. The van der Waals surface area contributed by atoms with Crippen molar-refractivity contribution in [3.8, 4) is 34.5 Å². The van der Waals surface area contributed by atoms with E-state index in [1.807, 2.05) is 0 Å². The first-order valence-corrected chi connectivity index (χ1v) is 7.82. The van der Waals surface area contributed by atoms with Crippen LogP contribution in [0, 0.1) is 0 Å². The van der Waals surface area contributed by atoms with E-state index in [-0.39, 0.29) is 22.8 Å². The standard InChI is InChI=1S/C18H16O8/c1-23-11-5-8-10(6-12(11)24-2)26-18(22)17-14(8)16(21)15-9(20)3-7(19)4-13(15)25-17/h3-6,14,17-20,22H,1-2H3/t14-,17+,18+/m0/s1. The maximum Gasteiger partial charge on any atom is 0.235 e. The summed E-state index contributed by atoms with van der Waals surface area (Å²) >= 11 is 0. The molecule has 0 aromatic heterocycles. The summed E-state index contributed by atoms with van der Waals surface area (Å²) in [5, 5.41) is 30.0. The van der Waals surface area contributed by atoms with Gasteiger partial charge in [0.2, 0.25) is 6.29 Å². The second-order valence-electron chi connectivity index (χ2n) is 6.02. The van der Waals surface area contributed by atoms with E-state index in [1.165, 1.54) is 26.4 Å². The first-order chi connectivity index (χ1) is 12.4. The molecule has 0 bridgehead atoms. The molecule has 0 fully saturated rings. The molecular weight excluding hydrogens is 344 g/mol. The Bertz CT molecular complexity index is 907. The van der Waals surface area contributed by atoms with Crippen LogP contribution in [0.5, 0.6) is 34.5 Å². The van der Waals surface area contributed by atoms with Gasteiger partial charge >= 0.3 is 0 Å². The van der Waals surface area contributed by atoms with Gasteiger partial charge in [0.25, 0.3) is 0 Å². The number of ether oxygens (including phenoxy) is 4. The summed E-state index contributed by atoms with van der Waals surface area (Å²) in [6.07, 6.45) is -2.46. The lowest BCUT2D eigenvalue weighted by molar-refractivity contribution is -0.112. The number of phenols is 2. The van der Waals surface area contributed by atoms with E-state index in [1.54, 1.807) is 6.07 Å². The van der Waals surface area contributed by atoms with E-state index in [4.69, 9.17) is 18.9 Å². The van der Waals surface area contributed by atoms with Crippen molar-refractivity contribution in [3.05, 3.63) is 35.4 Å². The molecule has 0 amide bonds. The lowest BCUT2D eigenvalue weighted by atomic mass is 9.81. The Morgan fingerprint density at radius 3 is 2.35 bits per heavy atom. The predicted molar refractivity (Wildman–Crippen MR) is 87.4 cm³/mol. The summed E-state index contributed by atoms with van der Waals surface area (Å²) < 4.78 is 21.7. The number of hydrogen-bond donors (Lipinski definition) is 3. The van der Waals surface area contributed by atoms with Crippen LogP contribution in [-0.2, 0) is 0 Å². The second kappa shape index (κ2) is 5.70. The number of hydrogen-bond acceptors (Lipinski definition) is 8. The molecule has 2 aromatic carbocycles. The first-order valence-electron chi connectivity index (χ1n) is 7.82. The molecule has 2 aliphatic rings. The van der Waals surface area contributed by atoms with Crippen LogP contribution in [0.25, 0.3) is 0 Å². The molecule has 3 atom stereocenters. The van der Waals surface area contributed by atoms with Crippen LogP contribution in [0.4, 0.5) is 0 Å². The zero-order valence-corrected chi connectivity index (χ0v) is 13.9. The third-order valence-electron chi connectivity index (χ3n) is 4.57. The molecule has 26 heavy (non-hydrogen) atoms. The average Bonchev–Trinajstić information content (AvgIpc) is 2.60. The zero-order chi connectivity index (χ0) is 18.6. The number of Topliss-reactive ketones (excluding diaryl/α,β-unsaturated/α-hetero) is 1. The second-order valence-corrected chi connectivity index (χ2v) is 6.02. The smallest absolute Gasteiger partial charge is 0.235 e. The Hall–Kier alpha value is -3.13. The number of phenolic OH excluding ortho intramolecular Hbond substituents is 2. The minimum atomic E-state index is -1.42. The van der Waals surface area contributed by atoms with Gasteiger partial charge in [-0.15, -0.1) is 0 Å². The Kier molecular flexibility index (Phi) is 3.58. The highest BCUT2D eigenvalue weighted by Gasteiger charge is 2.49. The van der Waals surface area contributed by atoms with Gasteiger partial charge in [-0.1, -0.05) is 0 Å². The Morgan fingerprint density at radius 2 is 1.65 bits per heavy atom. The van der Waals surface area contributed by atoms with Crippen LogP contribution in [0.2, 0.25) is 0 Å². The molecule has 136 valence electrons. The predicted octanol–water partition coefficient (Wildman–Crippen LogP) is 1.55. The van der Waals surface area contributed by atoms with Gasteiger partial charge in [0, 0.05) is 23.8 Å². The summed E-state index contributed by atoms with van der Waals surface area (Å²) in [5.41, 5.74) is 0.389. The maximum absolute atomic E-state index is 13.1. The number of aromatic hydroxyl groups is 2. The van der Waals surface area contributed by atoms with Gasteiger partial charge in [-0.25, -0.2) is 0 Å². The van der Waals surface area contributed by atoms with Crippen molar-refractivity contribution in [1.82, 2.24) is 0 Å². The first kappa shape index (κ1) is 16.3. The molecule has 3 N–H and O–H groups in total. The number of fused-ring (bicyclic) bond motifs is 4. The average molecular weight is 360 g/mol. The van der Waals surface area contributed by atoms with Crippen molar-refractivity contribution in [1.29, 1.82) is 0 Å². The van der Waals surface area contributed by atoms with Crippen molar-refractivity contribution in [3.63, 3.8) is 0 Å². The molecule has 0 unspecified atom stereocenters. The number of carbonyl (C=O) groups is 1. The number of aliphatic hydroxyl groups is 1. The number of benzene rings is 2. The highest BCUT2D eigenvalue weighted by molar-refractivity contribution is 6.07. The van der Waals surface area contributed by atoms with Gasteiger partial charge in [0.15, 0.2) is 23.4 Å². The summed E-state index contributed by atoms with van der Waals surface area (Å²) in [6.45, 7) is 0. The van der Waals surface area contributed by atoms with Crippen LogP contribution >= 0.6 is 0 Å². The quantitative estimate of drug-likeness (QED) is 0.739. The highest BCUT2D eigenvalue weighted by Crippen LogP contribution is 2.49. The van der Waals surface area contributed by atoms with Gasteiger partial charge in [0.05, 0.1) is 20.1 Å². The molecule has 2 aromatic rings. The fraction of sp³-hybridized carbons (Fsp3) is 0.278. The summed E-state index contributed by atoms with van der Waals surface area (Å²) in [5.74, 6) is -1.01. The molecule has 2 aliphatic heterocycles. The van der Waals surface area contributed by atoms with Crippen LogP contribution in [0.15, 0.2) is 24.3 Å². The summed E-state index contributed by atoms with van der Waals surface area (Å²) in [6, 6.07) is 5.38. The van der Waals surface area contributed by atoms with Crippen molar-refractivity contribution in [2.75, 3.05) is 14.2 Å². The highest BCUT2D eigenvalue weighted by atomic mass is 16.6. The van der Waals surface area contributed by atoms with E-state index in [0.717, 1.165) is 6.07 Å². The molecule has 0 saturated carbocycles. The fourth-order valence-corrected chi connectivity index (χ4v) is 3.41. The van der Waals surface area contributed by atoms with E-state index >= 15 is 0 Å². The molecule has 4 rings (SSSR count). The number of rotatable bonds is 2. The van der Waals surface area contributed by atoms with Crippen LogP contribution in [0.1, 0.15) is 21.8 Å². The molecule has 8 heteroatoms. The van der Waals surface area contributed by atoms with Crippen LogP contribution in [-0.4, -0.2) is 47.7 Å². The molecule has 0 radical (unpaired) electrons. The molecular formula is C18H16O8. The molecule has 0 aliphatic carbocycles. The van der Waals surface area contributed by atoms with Gasteiger partial charge < -0.3 is 34.3 Å². The van der Waals surface area contributed by atoms with Crippen molar-refractivity contribution in [2.24, 2.45) is 0 Å². The van der Waals surface area contributed by atoms with Crippen LogP contribution < -0.4 is 18.9 Å². The normalized spacial score (nSPS) is 23.0. The summed E-state index contributed by atoms with van der Waals surface area (Å²) in [7, 11) is 2.92. The minimum Gasteiger partial charge on any atom is -0.508 e. The Labute approximate surface area is 148 Å².